The van der Waals surface area contributed by atoms with E-state index in [1.807, 2.05) is 0 Å². The third-order valence-corrected chi connectivity index (χ3v) is 4.86. The Morgan fingerprint density at radius 2 is 0.921 bits per heavy atom. The molecule has 0 atom stereocenters. The van der Waals surface area contributed by atoms with Crippen molar-refractivity contribution < 1.29 is 34.1 Å². The van der Waals surface area contributed by atoms with Gasteiger partial charge in [-0.25, -0.2) is 14.4 Å². The lowest BCUT2D eigenvalue weighted by molar-refractivity contribution is 0.0686. The summed E-state index contributed by atoms with van der Waals surface area (Å²) in [5.74, 6) is -2.87. The van der Waals surface area contributed by atoms with Crippen LogP contribution in [0.5, 0.6) is 11.5 Å². The van der Waals surface area contributed by atoms with Gasteiger partial charge in [0.15, 0.2) is 0 Å². The zero-order valence-corrected chi connectivity index (χ0v) is 19.5. The lowest BCUT2D eigenvalue weighted by atomic mass is 10.1. The molecule has 0 saturated heterocycles. The number of azo groups is 2. The van der Waals surface area contributed by atoms with E-state index < -0.39 is 18.1 Å². The average molecular weight is 510 g/mol. The highest BCUT2D eigenvalue weighted by Crippen LogP contribution is 2.29. The second-order valence-electron chi connectivity index (χ2n) is 7.49. The van der Waals surface area contributed by atoms with Gasteiger partial charge in [-0.1, -0.05) is 36.4 Å². The number of hydrogen-bond donors (Lipinski definition) is 2. The fraction of sp³-hybridized carbons (Fsp3) is 0. The van der Waals surface area contributed by atoms with Crippen LogP contribution in [0.25, 0.3) is 0 Å². The van der Waals surface area contributed by atoms with Crippen molar-refractivity contribution >= 4 is 40.8 Å². The summed E-state index contributed by atoms with van der Waals surface area (Å²) in [7, 11) is 0. The van der Waals surface area contributed by atoms with Gasteiger partial charge in [-0.15, -0.1) is 10.2 Å². The number of carboxylic acids is 2. The van der Waals surface area contributed by atoms with Crippen LogP contribution in [0, 0.1) is 0 Å². The number of carboxylic acid groups (broad SMARTS) is 2. The van der Waals surface area contributed by atoms with Gasteiger partial charge >= 0.3 is 18.1 Å². The van der Waals surface area contributed by atoms with Gasteiger partial charge in [0.1, 0.15) is 22.9 Å². The van der Waals surface area contributed by atoms with Crippen LogP contribution in [-0.2, 0) is 0 Å². The first kappa shape index (κ1) is 25.4. The highest BCUT2D eigenvalue weighted by molar-refractivity contribution is 5.94. The molecule has 0 heterocycles. The van der Waals surface area contributed by atoms with Gasteiger partial charge in [-0.3, -0.25) is 0 Å². The maximum Gasteiger partial charge on any atom is 0.519 e. The van der Waals surface area contributed by atoms with Gasteiger partial charge in [-0.05, 0) is 60.7 Å². The Labute approximate surface area is 215 Å². The summed E-state index contributed by atoms with van der Waals surface area (Å²) < 4.78 is 10.2. The van der Waals surface area contributed by atoms with E-state index in [4.69, 9.17) is 9.47 Å². The summed E-state index contributed by atoms with van der Waals surface area (Å²) in [4.78, 5) is 35.7. The van der Waals surface area contributed by atoms with E-state index in [0.717, 1.165) is 12.1 Å². The molecular formula is C27H18N4O7. The number of rotatable bonds is 8. The van der Waals surface area contributed by atoms with Crippen LogP contribution >= 0.6 is 0 Å². The molecule has 0 aromatic heterocycles. The van der Waals surface area contributed by atoms with Gasteiger partial charge in [-0.2, -0.15) is 10.2 Å². The number of ether oxygens (including phenoxy) is 2. The van der Waals surface area contributed by atoms with E-state index in [1.54, 1.807) is 60.7 Å². The summed E-state index contributed by atoms with van der Waals surface area (Å²) in [5, 5.41) is 35.0. The molecule has 4 rings (SSSR count). The Kier molecular flexibility index (Phi) is 7.89. The van der Waals surface area contributed by atoms with Crippen molar-refractivity contribution in [3.8, 4) is 11.5 Å². The zero-order chi connectivity index (χ0) is 26.9. The van der Waals surface area contributed by atoms with Crippen molar-refractivity contribution in [2.45, 2.75) is 0 Å². The molecule has 0 radical (unpaired) electrons. The number of aromatic carboxylic acids is 2. The quantitative estimate of drug-likeness (QED) is 0.141. The van der Waals surface area contributed by atoms with Crippen molar-refractivity contribution in [3.05, 3.63) is 108 Å². The fourth-order valence-corrected chi connectivity index (χ4v) is 3.10. The minimum absolute atomic E-state index is 0.0495. The summed E-state index contributed by atoms with van der Waals surface area (Å²) in [6.45, 7) is 0. The van der Waals surface area contributed by atoms with Crippen LogP contribution in [0.1, 0.15) is 20.7 Å². The predicted octanol–water partition coefficient (Wildman–Crippen LogP) is 7.49. The van der Waals surface area contributed by atoms with Gasteiger partial charge in [0, 0.05) is 0 Å². The van der Waals surface area contributed by atoms with Crippen molar-refractivity contribution in [2.24, 2.45) is 20.5 Å². The summed E-state index contributed by atoms with van der Waals surface area (Å²) in [6, 6.07) is 24.9. The van der Waals surface area contributed by atoms with Crippen molar-refractivity contribution in [3.63, 3.8) is 0 Å². The van der Waals surface area contributed by atoms with E-state index >= 15 is 0 Å². The fourth-order valence-electron chi connectivity index (χ4n) is 3.10. The maximum atomic E-state index is 12.3. The van der Waals surface area contributed by atoms with Crippen LogP contribution in [0.3, 0.4) is 0 Å². The van der Waals surface area contributed by atoms with Crippen LogP contribution in [0.15, 0.2) is 118 Å². The molecule has 0 bridgehead atoms. The lowest BCUT2D eigenvalue weighted by Crippen LogP contribution is -2.14. The third kappa shape index (κ3) is 6.70. The van der Waals surface area contributed by atoms with Crippen molar-refractivity contribution in [1.82, 2.24) is 0 Å². The Hall–Kier alpha value is -5.71. The van der Waals surface area contributed by atoms with Gasteiger partial charge in [0.05, 0.1) is 22.5 Å². The first-order valence-electron chi connectivity index (χ1n) is 11.0. The van der Waals surface area contributed by atoms with Crippen molar-refractivity contribution in [2.75, 3.05) is 0 Å². The maximum absolute atomic E-state index is 12.3. The predicted molar refractivity (Wildman–Crippen MR) is 135 cm³/mol. The molecule has 11 heteroatoms. The minimum Gasteiger partial charge on any atom is -0.478 e. The lowest BCUT2D eigenvalue weighted by Gasteiger charge is -2.08. The minimum atomic E-state index is -1.31. The topological polar surface area (TPSA) is 160 Å². The van der Waals surface area contributed by atoms with Gasteiger partial charge < -0.3 is 19.7 Å². The monoisotopic (exact) mass is 510 g/mol. The normalized spacial score (nSPS) is 10.9. The molecule has 0 aliphatic heterocycles. The Morgan fingerprint density at radius 3 is 1.29 bits per heavy atom. The molecule has 0 fully saturated rings. The van der Waals surface area contributed by atoms with Crippen LogP contribution in [0.4, 0.5) is 27.5 Å². The zero-order valence-electron chi connectivity index (χ0n) is 19.5. The molecule has 0 saturated carbocycles. The highest BCUT2D eigenvalue weighted by atomic mass is 16.7. The Balaban J connectivity index is 1.48. The molecule has 2 N–H and O–H groups in total. The standard InChI is InChI=1S/C27H18N4O7/c32-25(33)21-15-19(11-13-23(21)30-28-17-7-3-1-4-8-17)37-27(36)38-20-12-14-24(22(16-20)26(34)35)31-29-18-9-5-2-6-10-18/h1-16H,(H,32,33)(H,34,35). The molecule has 0 aliphatic carbocycles. The van der Waals surface area contributed by atoms with Gasteiger partial charge in [0.2, 0.25) is 0 Å². The Bertz CT molecular complexity index is 1420. The highest BCUT2D eigenvalue weighted by Gasteiger charge is 2.17. The molecule has 4 aromatic rings. The van der Waals surface area contributed by atoms with E-state index in [0.29, 0.717) is 11.4 Å². The average Bonchev–Trinajstić information content (AvgIpc) is 2.92. The second-order valence-corrected chi connectivity index (χ2v) is 7.49. The second kappa shape index (κ2) is 11.8. The number of hydrogen-bond acceptors (Lipinski definition) is 9. The van der Waals surface area contributed by atoms with Crippen molar-refractivity contribution in [1.29, 1.82) is 0 Å². The summed E-state index contributed by atoms with van der Waals surface area (Å²) >= 11 is 0. The van der Waals surface area contributed by atoms with E-state index in [1.165, 1.54) is 24.3 Å². The molecule has 11 nitrogen and oxygen atoms in total. The molecule has 0 unspecified atom stereocenters. The molecule has 0 spiro atoms. The van der Waals surface area contributed by atoms with Crippen LogP contribution in [-0.4, -0.2) is 28.3 Å². The third-order valence-electron chi connectivity index (χ3n) is 4.86. The molecule has 188 valence electrons. The number of nitrogens with zero attached hydrogens (tertiary/aromatic N) is 4. The number of carbonyl (C=O) groups is 3. The Morgan fingerprint density at radius 1 is 0.526 bits per heavy atom. The summed E-state index contributed by atoms with van der Waals surface area (Å²) in [6.07, 6.45) is -1.21. The SMILES string of the molecule is O=C(Oc1ccc(N=Nc2ccccc2)c(C(=O)O)c1)Oc1ccc(N=Nc2ccccc2)c(C(=O)O)c1. The first-order valence-corrected chi connectivity index (χ1v) is 11.0. The smallest absolute Gasteiger partial charge is 0.478 e. The summed E-state index contributed by atoms with van der Waals surface area (Å²) in [5.41, 5.74) is 0.650. The molecule has 0 amide bonds. The largest absolute Gasteiger partial charge is 0.519 e. The van der Waals surface area contributed by atoms with E-state index in [2.05, 4.69) is 20.5 Å². The van der Waals surface area contributed by atoms with Crippen LogP contribution in [0.2, 0.25) is 0 Å². The number of carbonyl (C=O) groups excluding carboxylic acids is 1. The molecular weight excluding hydrogens is 492 g/mol. The number of benzene rings is 4. The van der Waals surface area contributed by atoms with Gasteiger partial charge in [0.25, 0.3) is 0 Å². The first-order chi connectivity index (χ1) is 18.4. The molecule has 4 aromatic carbocycles. The van der Waals surface area contributed by atoms with E-state index in [9.17, 15) is 24.6 Å². The van der Waals surface area contributed by atoms with E-state index in [-0.39, 0.29) is 34.0 Å². The molecule has 0 aliphatic rings. The van der Waals surface area contributed by atoms with Crippen LogP contribution < -0.4 is 9.47 Å². The molecule has 38 heavy (non-hydrogen) atoms.